The molecular formula is C17H29ClN4O3. The SMILES string of the molecule is CC1CCCCC12NC(=O)N(CC(=O)N1CCC(CN)CC1)C2=O.Cl. The Morgan fingerprint density at radius 1 is 1.24 bits per heavy atom. The van der Waals surface area contributed by atoms with Gasteiger partial charge in [0.2, 0.25) is 5.91 Å². The molecule has 2 atom stereocenters. The lowest BCUT2D eigenvalue weighted by Crippen LogP contribution is -2.54. The Hall–Kier alpha value is -1.34. The molecule has 1 aliphatic carbocycles. The van der Waals surface area contributed by atoms with Gasteiger partial charge in [0.15, 0.2) is 0 Å². The molecule has 1 spiro atoms. The number of piperidine rings is 1. The largest absolute Gasteiger partial charge is 0.341 e. The van der Waals surface area contributed by atoms with Crippen molar-refractivity contribution >= 4 is 30.3 Å². The van der Waals surface area contributed by atoms with Crippen LogP contribution >= 0.6 is 12.4 Å². The molecule has 4 amide bonds. The van der Waals surface area contributed by atoms with E-state index in [0.717, 1.165) is 37.0 Å². The van der Waals surface area contributed by atoms with E-state index in [2.05, 4.69) is 5.32 Å². The number of nitrogens with two attached hydrogens (primary N) is 1. The first-order valence-corrected chi connectivity index (χ1v) is 9.10. The van der Waals surface area contributed by atoms with Gasteiger partial charge in [-0.1, -0.05) is 19.8 Å². The van der Waals surface area contributed by atoms with Crippen molar-refractivity contribution in [2.45, 2.75) is 51.0 Å². The van der Waals surface area contributed by atoms with Gasteiger partial charge in [0.1, 0.15) is 12.1 Å². The molecule has 0 bridgehead atoms. The van der Waals surface area contributed by atoms with Gasteiger partial charge in [0.25, 0.3) is 5.91 Å². The lowest BCUT2D eigenvalue weighted by atomic mass is 9.73. The normalized spacial score (nSPS) is 30.4. The van der Waals surface area contributed by atoms with Crippen molar-refractivity contribution in [1.82, 2.24) is 15.1 Å². The summed E-state index contributed by atoms with van der Waals surface area (Å²) in [4.78, 5) is 40.6. The van der Waals surface area contributed by atoms with E-state index < -0.39 is 11.6 Å². The van der Waals surface area contributed by atoms with Crippen LogP contribution in [0.5, 0.6) is 0 Å². The summed E-state index contributed by atoms with van der Waals surface area (Å²) in [6.07, 6.45) is 5.41. The maximum atomic E-state index is 12.9. The van der Waals surface area contributed by atoms with E-state index in [1.807, 2.05) is 6.92 Å². The van der Waals surface area contributed by atoms with E-state index in [9.17, 15) is 14.4 Å². The third-order valence-corrected chi connectivity index (χ3v) is 6.10. The second-order valence-electron chi connectivity index (χ2n) is 7.50. The van der Waals surface area contributed by atoms with Crippen LogP contribution in [0.25, 0.3) is 0 Å². The molecule has 3 N–H and O–H groups in total. The monoisotopic (exact) mass is 372 g/mol. The zero-order chi connectivity index (χ0) is 17.3. The zero-order valence-electron chi connectivity index (χ0n) is 14.8. The highest BCUT2D eigenvalue weighted by Gasteiger charge is 2.55. The van der Waals surface area contributed by atoms with E-state index in [0.29, 0.717) is 32.0 Å². The summed E-state index contributed by atoms with van der Waals surface area (Å²) in [5, 5.41) is 2.89. The summed E-state index contributed by atoms with van der Waals surface area (Å²) in [7, 11) is 0. The number of carbonyl (C=O) groups excluding carboxylic acids is 3. The topological polar surface area (TPSA) is 95.7 Å². The molecule has 3 rings (SSSR count). The average molecular weight is 373 g/mol. The summed E-state index contributed by atoms with van der Waals surface area (Å²) >= 11 is 0. The van der Waals surface area contributed by atoms with E-state index in [1.54, 1.807) is 4.90 Å². The third kappa shape index (κ3) is 3.62. The Labute approximate surface area is 155 Å². The summed E-state index contributed by atoms with van der Waals surface area (Å²) in [5.74, 6) is 0.222. The molecule has 2 saturated heterocycles. The van der Waals surface area contributed by atoms with Gasteiger partial charge < -0.3 is 16.0 Å². The molecule has 1 saturated carbocycles. The maximum Gasteiger partial charge on any atom is 0.325 e. The first-order valence-electron chi connectivity index (χ1n) is 9.10. The molecule has 25 heavy (non-hydrogen) atoms. The fraction of sp³-hybridized carbons (Fsp3) is 0.824. The van der Waals surface area contributed by atoms with Crippen molar-refractivity contribution in [2.24, 2.45) is 17.6 Å². The third-order valence-electron chi connectivity index (χ3n) is 6.10. The second-order valence-corrected chi connectivity index (χ2v) is 7.50. The molecule has 7 nitrogen and oxygen atoms in total. The van der Waals surface area contributed by atoms with Crippen LogP contribution in [0.15, 0.2) is 0 Å². The maximum absolute atomic E-state index is 12.9. The highest BCUT2D eigenvalue weighted by Crippen LogP contribution is 2.38. The van der Waals surface area contributed by atoms with Crippen LogP contribution in [-0.4, -0.2) is 59.4 Å². The smallest absolute Gasteiger partial charge is 0.325 e. The van der Waals surface area contributed by atoms with Crippen LogP contribution < -0.4 is 11.1 Å². The van der Waals surface area contributed by atoms with Crippen molar-refractivity contribution < 1.29 is 14.4 Å². The first kappa shape index (κ1) is 20.0. The number of nitrogens with one attached hydrogen (secondary N) is 1. The number of urea groups is 1. The van der Waals surface area contributed by atoms with Crippen LogP contribution in [-0.2, 0) is 9.59 Å². The van der Waals surface area contributed by atoms with Gasteiger partial charge in [-0.15, -0.1) is 12.4 Å². The molecular weight excluding hydrogens is 344 g/mol. The minimum Gasteiger partial charge on any atom is -0.341 e. The molecule has 0 radical (unpaired) electrons. The van der Waals surface area contributed by atoms with Gasteiger partial charge in [-0.05, 0) is 44.1 Å². The number of hydrogen-bond donors (Lipinski definition) is 2. The van der Waals surface area contributed by atoms with E-state index in [1.165, 1.54) is 0 Å². The summed E-state index contributed by atoms with van der Waals surface area (Å²) in [6.45, 7) is 3.83. The van der Waals surface area contributed by atoms with Crippen LogP contribution in [0, 0.1) is 11.8 Å². The van der Waals surface area contributed by atoms with Gasteiger partial charge in [-0.25, -0.2) is 4.79 Å². The number of amides is 4. The molecule has 8 heteroatoms. The minimum absolute atomic E-state index is 0. The van der Waals surface area contributed by atoms with Gasteiger partial charge in [0.05, 0.1) is 0 Å². The van der Waals surface area contributed by atoms with Crippen molar-refractivity contribution in [2.75, 3.05) is 26.2 Å². The fourth-order valence-corrected chi connectivity index (χ4v) is 4.29. The van der Waals surface area contributed by atoms with Gasteiger partial charge >= 0.3 is 6.03 Å². The number of hydrogen-bond acceptors (Lipinski definition) is 4. The summed E-state index contributed by atoms with van der Waals surface area (Å²) in [5.41, 5.74) is 4.89. The zero-order valence-corrected chi connectivity index (χ0v) is 15.6. The number of nitrogens with zero attached hydrogens (tertiary/aromatic N) is 2. The molecule has 2 aliphatic heterocycles. The summed E-state index contributed by atoms with van der Waals surface area (Å²) < 4.78 is 0. The average Bonchev–Trinajstić information content (AvgIpc) is 2.82. The number of likely N-dealkylation sites (tertiary alicyclic amines) is 1. The second kappa shape index (κ2) is 7.91. The van der Waals surface area contributed by atoms with Crippen LogP contribution in [0.2, 0.25) is 0 Å². The predicted octanol–water partition coefficient (Wildman–Crippen LogP) is 1.11. The van der Waals surface area contributed by atoms with Crippen molar-refractivity contribution in [3.8, 4) is 0 Å². The highest BCUT2D eigenvalue weighted by molar-refractivity contribution is 6.09. The van der Waals surface area contributed by atoms with Crippen LogP contribution in [0.1, 0.15) is 45.4 Å². The summed E-state index contributed by atoms with van der Waals surface area (Å²) in [6, 6.07) is -0.418. The van der Waals surface area contributed by atoms with Crippen LogP contribution in [0.3, 0.4) is 0 Å². The van der Waals surface area contributed by atoms with Gasteiger partial charge in [-0.2, -0.15) is 0 Å². The fourth-order valence-electron chi connectivity index (χ4n) is 4.29. The number of rotatable bonds is 3. The Bertz CT molecular complexity index is 536. The molecule has 0 aromatic rings. The Balaban J connectivity index is 0.00000225. The Kier molecular flexibility index (Phi) is 6.32. The lowest BCUT2D eigenvalue weighted by molar-refractivity contribution is -0.141. The Morgan fingerprint density at radius 3 is 2.52 bits per heavy atom. The molecule has 0 aromatic carbocycles. The van der Waals surface area contributed by atoms with Crippen LogP contribution in [0.4, 0.5) is 4.79 Å². The molecule has 3 fully saturated rings. The van der Waals surface area contributed by atoms with Gasteiger partial charge in [-0.3, -0.25) is 14.5 Å². The molecule has 2 unspecified atom stereocenters. The minimum atomic E-state index is -0.790. The molecule has 0 aromatic heterocycles. The standard InChI is InChI=1S/C17H28N4O3.ClH/c1-12-4-2-3-7-17(12)15(23)21(16(24)19-17)11-14(22)20-8-5-13(10-18)6-9-20;/h12-13H,2-11,18H2,1H3,(H,19,24);1H. The van der Waals surface area contributed by atoms with Crippen molar-refractivity contribution in [3.63, 3.8) is 0 Å². The quantitative estimate of drug-likeness (QED) is 0.725. The molecule has 2 heterocycles. The number of carbonyl (C=O) groups is 3. The van der Waals surface area contributed by atoms with Gasteiger partial charge in [0, 0.05) is 13.1 Å². The molecule has 142 valence electrons. The Morgan fingerprint density at radius 2 is 1.92 bits per heavy atom. The molecule has 3 aliphatic rings. The first-order chi connectivity index (χ1) is 11.5. The number of halogens is 1. The lowest BCUT2D eigenvalue weighted by Gasteiger charge is -2.37. The van der Waals surface area contributed by atoms with E-state index in [-0.39, 0.29) is 36.7 Å². The van der Waals surface area contributed by atoms with E-state index >= 15 is 0 Å². The van der Waals surface area contributed by atoms with Crippen molar-refractivity contribution in [1.29, 1.82) is 0 Å². The van der Waals surface area contributed by atoms with E-state index in [4.69, 9.17) is 5.73 Å². The van der Waals surface area contributed by atoms with Crippen molar-refractivity contribution in [3.05, 3.63) is 0 Å². The highest BCUT2D eigenvalue weighted by atomic mass is 35.5. The predicted molar refractivity (Wildman–Crippen MR) is 96.2 cm³/mol. The number of imide groups is 1.